The van der Waals surface area contributed by atoms with Gasteiger partial charge in [-0.2, -0.15) is 8.78 Å². The lowest BCUT2D eigenvalue weighted by Crippen LogP contribution is -2.22. The van der Waals surface area contributed by atoms with Gasteiger partial charge in [0.05, 0.1) is 0 Å². The van der Waals surface area contributed by atoms with Crippen LogP contribution in [-0.4, -0.2) is 21.6 Å². The third kappa shape index (κ3) is 3.43. The van der Waals surface area contributed by atoms with Crippen molar-refractivity contribution in [2.45, 2.75) is 5.25 Å². The van der Waals surface area contributed by atoms with Gasteiger partial charge in [0.25, 0.3) is 11.1 Å². The monoisotopic (exact) mass is 270 g/mol. The second-order valence-corrected chi connectivity index (χ2v) is 3.89. The quantitative estimate of drug-likeness (QED) is 0.768. The molecule has 1 unspecified atom stereocenters. The summed E-state index contributed by atoms with van der Waals surface area (Å²) in [5.41, 5.74) is -0.770. The molecule has 0 aliphatic heterocycles. The summed E-state index contributed by atoms with van der Waals surface area (Å²) in [5.74, 6) is -0.105. The van der Waals surface area contributed by atoms with E-state index < -0.39 is 29.2 Å². The summed E-state index contributed by atoms with van der Waals surface area (Å²) in [6, 6.07) is 3.51. The zero-order valence-corrected chi connectivity index (χ0v) is 8.86. The third-order valence-corrected chi connectivity index (χ3v) is 2.47. The van der Waals surface area contributed by atoms with Crippen molar-refractivity contribution in [3.8, 4) is 5.75 Å². The van der Waals surface area contributed by atoms with Gasteiger partial charge >= 0.3 is 12.6 Å². The molecule has 0 aliphatic rings. The molecule has 10 heteroatoms. The lowest BCUT2D eigenvalue weighted by Gasteiger charge is -2.13. The minimum absolute atomic E-state index is 0.105. The van der Waals surface area contributed by atoms with Crippen LogP contribution < -0.4 is 4.65 Å². The standard InChI is InChI=1S/C7H6BF3O5S/c9-7(10,17(14)16-11)5-1-3-6(4-2-5)15-8(12)13/h1-4,12-13H. The van der Waals surface area contributed by atoms with Crippen LogP contribution in [0, 0.1) is 0 Å². The summed E-state index contributed by atoms with van der Waals surface area (Å²) < 4.78 is 55.2. The van der Waals surface area contributed by atoms with Gasteiger partial charge in [-0.3, -0.25) is 0 Å². The van der Waals surface area contributed by atoms with Gasteiger partial charge in [-0.25, -0.2) is 4.21 Å². The zero-order chi connectivity index (χ0) is 13.1. The molecule has 1 atom stereocenters. The number of hydrogen-bond donors (Lipinski definition) is 2. The van der Waals surface area contributed by atoms with Crippen molar-refractivity contribution in [3.63, 3.8) is 0 Å². The van der Waals surface area contributed by atoms with E-state index in [0.29, 0.717) is 0 Å². The summed E-state index contributed by atoms with van der Waals surface area (Å²) in [6.45, 7) is 0. The SMILES string of the molecule is O=S(OF)C(F)(F)c1ccc(OB(O)O)cc1. The van der Waals surface area contributed by atoms with E-state index >= 15 is 0 Å². The van der Waals surface area contributed by atoms with Gasteiger partial charge in [-0.1, -0.05) is 4.39 Å². The Bertz CT molecular complexity index is 399. The van der Waals surface area contributed by atoms with E-state index in [9.17, 15) is 17.5 Å². The molecule has 0 spiro atoms. The summed E-state index contributed by atoms with van der Waals surface area (Å²) in [5, 5.41) is 12.8. The second kappa shape index (κ2) is 5.49. The molecular weight excluding hydrogens is 264 g/mol. The first-order valence-corrected chi connectivity index (χ1v) is 5.17. The maximum atomic E-state index is 13.1. The number of alkyl halides is 2. The number of benzene rings is 1. The number of halogens is 3. The molecule has 0 amide bonds. The van der Waals surface area contributed by atoms with Gasteiger partial charge in [-0.05, 0) is 28.8 Å². The molecule has 0 heterocycles. The molecule has 0 radical (unpaired) electrons. The first kappa shape index (κ1) is 14.0. The molecule has 0 fully saturated rings. The highest BCUT2D eigenvalue weighted by molar-refractivity contribution is 7.80. The van der Waals surface area contributed by atoms with Gasteiger partial charge in [0.2, 0.25) is 0 Å². The van der Waals surface area contributed by atoms with Gasteiger partial charge in [-0.15, -0.1) is 0 Å². The normalized spacial score (nSPS) is 13.2. The van der Waals surface area contributed by atoms with Crippen LogP contribution in [0.15, 0.2) is 24.3 Å². The van der Waals surface area contributed by atoms with Crippen LogP contribution in [0.25, 0.3) is 0 Å². The highest BCUT2D eigenvalue weighted by atomic mass is 32.2. The first-order chi connectivity index (χ1) is 7.87. The molecule has 2 N–H and O–H groups in total. The minimum atomic E-state index is -4.02. The van der Waals surface area contributed by atoms with E-state index in [2.05, 4.69) is 9.04 Å². The molecule has 1 aromatic carbocycles. The van der Waals surface area contributed by atoms with Crippen LogP contribution >= 0.6 is 0 Å². The van der Waals surface area contributed by atoms with Crippen molar-refractivity contribution in [1.82, 2.24) is 0 Å². The van der Waals surface area contributed by atoms with Crippen LogP contribution in [0.3, 0.4) is 0 Å². The Hall–Kier alpha value is -1.10. The molecule has 0 saturated heterocycles. The highest BCUT2D eigenvalue weighted by Crippen LogP contribution is 2.33. The molecule has 1 rings (SSSR count). The van der Waals surface area contributed by atoms with Crippen molar-refractivity contribution < 1.29 is 36.6 Å². The molecule has 1 aromatic rings. The van der Waals surface area contributed by atoms with E-state index in [1.807, 2.05) is 0 Å². The smallest absolute Gasteiger partial charge is 0.512 e. The Morgan fingerprint density at radius 2 is 1.76 bits per heavy atom. The molecule has 0 bridgehead atoms. The molecule has 5 nitrogen and oxygen atoms in total. The van der Waals surface area contributed by atoms with Crippen molar-refractivity contribution in [3.05, 3.63) is 29.8 Å². The number of rotatable bonds is 5. The lowest BCUT2D eigenvalue weighted by molar-refractivity contribution is -0.0160. The van der Waals surface area contributed by atoms with Crippen LogP contribution in [0.1, 0.15) is 5.56 Å². The highest BCUT2D eigenvalue weighted by Gasteiger charge is 2.41. The molecule has 94 valence electrons. The summed E-state index contributed by atoms with van der Waals surface area (Å²) in [6.07, 6.45) is 0. The van der Waals surface area contributed by atoms with Crippen molar-refractivity contribution in [2.24, 2.45) is 0 Å². The topological polar surface area (TPSA) is 76.0 Å². The first-order valence-electron chi connectivity index (χ1n) is 4.10. The summed E-state index contributed by atoms with van der Waals surface area (Å²) in [4.78, 5) is 0. The summed E-state index contributed by atoms with van der Waals surface area (Å²) in [7, 11) is -2.09. The Labute approximate surface area is 96.5 Å². The average Bonchev–Trinajstić information content (AvgIpc) is 2.27. The lowest BCUT2D eigenvalue weighted by atomic mass is 10.2. The fourth-order valence-electron chi connectivity index (χ4n) is 0.985. The fourth-order valence-corrected chi connectivity index (χ4v) is 1.39. The van der Waals surface area contributed by atoms with E-state index in [4.69, 9.17) is 10.0 Å². The minimum Gasteiger partial charge on any atom is -0.512 e. The number of hydrogen-bond acceptors (Lipinski definition) is 5. The van der Waals surface area contributed by atoms with Crippen molar-refractivity contribution in [2.75, 3.05) is 0 Å². The third-order valence-electron chi connectivity index (χ3n) is 1.70. The molecule has 0 aromatic heterocycles. The largest absolute Gasteiger partial charge is 0.707 e. The van der Waals surface area contributed by atoms with E-state index in [1.165, 1.54) is 0 Å². The maximum Gasteiger partial charge on any atom is 0.707 e. The average molecular weight is 270 g/mol. The van der Waals surface area contributed by atoms with Crippen LogP contribution in [0.2, 0.25) is 0 Å². The van der Waals surface area contributed by atoms with Crippen LogP contribution in [0.4, 0.5) is 13.3 Å². The Balaban J connectivity index is 2.90. The van der Waals surface area contributed by atoms with Gasteiger partial charge in [0, 0.05) is 5.56 Å². The zero-order valence-electron chi connectivity index (χ0n) is 8.05. The van der Waals surface area contributed by atoms with Crippen molar-refractivity contribution in [1.29, 1.82) is 0 Å². The van der Waals surface area contributed by atoms with Gasteiger partial charge in [0.15, 0.2) is 0 Å². The predicted molar refractivity (Wildman–Crippen MR) is 51.5 cm³/mol. The Morgan fingerprint density at radius 3 is 2.18 bits per heavy atom. The van der Waals surface area contributed by atoms with E-state index in [0.717, 1.165) is 24.3 Å². The Kier molecular flexibility index (Phi) is 4.51. The second-order valence-electron chi connectivity index (χ2n) is 2.78. The molecule has 0 saturated carbocycles. The molecule has 0 aliphatic carbocycles. The maximum absolute atomic E-state index is 13.1. The Morgan fingerprint density at radius 1 is 1.24 bits per heavy atom. The van der Waals surface area contributed by atoms with Crippen LogP contribution in [0.5, 0.6) is 5.75 Å². The van der Waals surface area contributed by atoms with E-state index in [-0.39, 0.29) is 5.75 Å². The van der Waals surface area contributed by atoms with Crippen LogP contribution in [-0.2, 0) is 20.7 Å². The predicted octanol–water partition coefficient (Wildman–Crippen LogP) is 0.649. The van der Waals surface area contributed by atoms with Gasteiger partial charge < -0.3 is 14.7 Å². The molecular formula is C7H6BF3O5S. The van der Waals surface area contributed by atoms with Crippen molar-refractivity contribution >= 4 is 18.4 Å². The molecule has 17 heavy (non-hydrogen) atoms. The summed E-state index contributed by atoms with van der Waals surface area (Å²) >= 11 is -3.45. The van der Waals surface area contributed by atoms with Gasteiger partial charge in [0.1, 0.15) is 5.75 Å². The fraction of sp³-hybridized carbons (Fsp3) is 0.143. The van der Waals surface area contributed by atoms with E-state index in [1.54, 1.807) is 0 Å².